The minimum absolute atomic E-state index is 0.0530. The zero-order chi connectivity index (χ0) is 26.5. The van der Waals surface area contributed by atoms with Crippen molar-refractivity contribution in [2.45, 2.75) is 60.3 Å². The van der Waals surface area contributed by atoms with Gasteiger partial charge in [-0.3, -0.25) is 4.79 Å². The van der Waals surface area contributed by atoms with Crippen LogP contribution in [0.4, 0.5) is 8.78 Å². The van der Waals surface area contributed by atoms with Gasteiger partial charge in [0.1, 0.15) is 17.3 Å². The van der Waals surface area contributed by atoms with Gasteiger partial charge in [-0.2, -0.15) is 0 Å². The smallest absolute Gasteiger partial charge is 0.266 e. The first-order chi connectivity index (χ1) is 16.1. The normalized spacial score (nSPS) is 11.8. The van der Waals surface area contributed by atoms with Crippen molar-refractivity contribution in [3.05, 3.63) is 82.6 Å². The molecular formula is C26H34F2N2O3S. The lowest BCUT2D eigenvalue weighted by Crippen LogP contribution is -2.32. The van der Waals surface area contributed by atoms with Crippen molar-refractivity contribution in [2.24, 2.45) is 4.99 Å². The second kappa shape index (κ2) is 14.9. The molecule has 0 spiro atoms. The summed E-state index contributed by atoms with van der Waals surface area (Å²) in [6.07, 6.45) is 4.79. The largest absolute Gasteiger partial charge is 0.283 e. The predicted octanol–water partition coefficient (Wildman–Crippen LogP) is 6.58. The zero-order valence-electron chi connectivity index (χ0n) is 21.0. The highest BCUT2D eigenvalue weighted by molar-refractivity contribution is 7.90. The first-order valence-electron chi connectivity index (χ1n) is 11.1. The van der Waals surface area contributed by atoms with E-state index in [9.17, 15) is 22.0 Å². The summed E-state index contributed by atoms with van der Waals surface area (Å²) < 4.78 is 55.4. The van der Waals surface area contributed by atoms with Gasteiger partial charge in [0.25, 0.3) is 15.9 Å². The van der Waals surface area contributed by atoms with Gasteiger partial charge in [0.05, 0.1) is 16.2 Å². The van der Waals surface area contributed by atoms with Crippen LogP contribution in [0.25, 0.3) is 6.08 Å². The Morgan fingerprint density at radius 1 is 0.971 bits per heavy atom. The van der Waals surface area contributed by atoms with Gasteiger partial charge in [0, 0.05) is 0 Å². The van der Waals surface area contributed by atoms with E-state index >= 15 is 0 Å². The molecule has 0 aliphatic heterocycles. The minimum Gasteiger partial charge on any atom is -0.266 e. The number of halogens is 2. The molecule has 34 heavy (non-hydrogen) atoms. The zero-order valence-corrected chi connectivity index (χ0v) is 21.8. The van der Waals surface area contributed by atoms with Crippen LogP contribution in [0, 0.1) is 18.6 Å². The third-order valence-electron chi connectivity index (χ3n) is 4.31. The van der Waals surface area contributed by atoms with E-state index in [1.165, 1.54) is 32.1 Å². The number of sulfonamides is 1. The SMILES string of the molecule is C/C=C\c1cccc(S(=O)(=O)NC(=O)/C(=C/C)N=C(C)c2c(F)cccc2F)c1C.CC.CC. The van der Waals surface area contributed by atoms with E-state index in [1.807, 2.05) is 32.4 Å². The number of hydrogen-bond donors (Lipinski definition) is 1. The van der Waals surface area contributed by atoms with Crippen LogP contribution in [0.2, 0.25) is 0 Å². The predicted molar refractivity (Wildman–Crippen MR) is 136 cm³/mol. The Kier molecular flexibility index (Phi) is 13.5. The number of nitrogens with zero attached hydrogens (tertiary/aromatic N) is 1. The van der Waals surface area contributed by atoms with Crippen LogP contribution in [-0.2, 0) is 14.8 Å². The van der Waals surface area contributed by atoms with Crippen molar-refractivity contribution < 1.29 is 22.0 Å². The standard InChI is InChI=1S/C22H22F2N2O3S.2C2H6/c1-5-9-16-10-7-13-20(14(16)3)30(28,29)26-22(27)19(6-2)25-15(4)21-17(23)11-8-12-18(21)24;2*1-2/h5-13H,1-4H3,(H,26,27);2*1-2H3/b9-5-,19-6-,25-15?;;. The molecule has 2 aromatic rings. The molecule has 0 aromatic heterocycles. The molecule has 0 radical (unpaired) electrons. The Morgan fingerprint density at radius 2 is 1.50 bits per heavy atom. The average molecular weight is 493 g/mol. The third-order valence-corrected chi connectivity index (χ3v) is 5.78. The number of carbonyl (C=O) groups excluding carboxylic acids is 1. The van der Waals surface area contributed by atoms with Crippen LogP contribution in [0.3, 0.4) is 0 Å². The lowest BCUT2D eigenvalue weighted by atomic mass is 10.1. The Bertz CT molecular complexity index is 1150. The van der Waals surface area contributed by atoms with Gasteiger partial charge in [0.2, 0.25) is 0 Å². The van der Waals surface area contributed by atoms with Gasteiger partial charge in [-0.25, -0.2) is 26.9 Å². The fourth-order valence-electron chi connectivity index (χ4n) is 2.84. The molecular weight excluding hydrogens is 458 g/mol. The van der Waals surface area contributed by atoms with Gasteiger partial charge < -0.3 is 0 Å². The number of benzene rings is 2. The van der Waals surface area contributed by atoms with Crippen molar-refractivity contribution in [1.82, 2.24) is 4.72 Å². The monoisotopic (exact) mass is 492 g/mol. The van der Waals surface area contributed by atoms with Crippen molar-refractivity contribution in [1.29, 1.82) is 0 Å². The third kappa shape index (κ3) is 8.02. The molecule has 5 nitrogen and oxygen atoms in total. The lowest BCUT2D eigenvalue weighted by molar-refractivity contribution is -0.115. The van der Waals surface area contributed by atoms with E-state index in [0.29, 0.717) is 11.1 Å². The van der Waals surface area contributed by atoms with Gasteiger partial charge in [0.15, 0.2) is 0 Å². The van der Waals surface area contributed by atoms with E-state index < -0.39 is 27.6 Å². The number of aliphatic imine (C=N–C) groups is 1. The van der Waals surface area contributed by atoms with Crippen LogP contribution in [-0.4, -0.2) is 20.0 Å². The topological polar surface area (TPSA) is 75.6 Å². The molecule has 0 bridgehead atoms. The van der Waals surface area contributed by atoms with E-state index in [1.54, 1.807) is 38.1 Å². The number of hydrogen-bond acceptors (Lipinski definition) is 4. The second-order valence-corrected chi connectivity index (χ2v) is 8.02. The summed E-state index contributed by atoms with van der Waals surface area (Å²) in [5.74, 6) is -2.68. The van der Waals surface area contributed by atoms with Gasteiger partial charge >= 0.3 is 0 Å². The molecule has 0 atom stereocenters. The van der Waals surface area contributed by atoms with Crippen molar-refractivity contribution in [2.75, 3.05) is 0 Å². The van der Waals surface area contributed by atoms with Gasteiger partial charge in [-0.15, -0.1) is 0 Å². The molecule has 0 saturated carbocycles. The van der Waals surface area contributed by atoms with E-state index in [4.69, 9.17) is 0 Å². The molecule has 0 heterocycles. The van der Waals surface area contributed by atoms with Crippen molar-refractivity contribution >= 4 is 27.7 Å². The first kappa shape index (κ1) is 30.9. The Balaban J connectivity index is 0.00000258. The molecule has 2 aromatic carbocycles. The van der Waals surface area contributed by atoms with E-state index in [0.717, 1.165) is 12.1 Å². The van der Waals surface area contributed by atoms with Crippen LogP contribution in [0.5, 0.6) is 0 Å². The Morgan fingerprint density at radius 3 is 2.00 bits per heavy atom. The van der Waals surface area contributed by atoms with Gasteiger partial charge in [-0.05, 0) is 57.0 Å². The molecule has 0 saturated heterocycles. The Hall–Kier alpha value is -3.13. The van der Waals surface area contributed by atoms with Crippen LogP contribution in [0.15, 0.2) is 64.1 Å². The van der Waals surface area contributed by atoms with E-state index in [2.05, 4.69) is 4.99 Å². The van der Waals surface area contributed by atoms with Crippen molar-refractivity contribution in [3.8, 4) is 0 Å². The molecule has 1 amide bonds. The number of allylic oxidation sites excluding steroid dienone is 2. The number of nitrogens with one attached hydrogen (secondary N) is 1. The Labute approximate surface area is 202 Å². The van der Waals surface area contributed by atoms with Crippen LogP contribution >= 0.6 is 0 Å². The highest BCUT2D eigenvalue weighted by Gasteiger charge is 2.23. The summed E-state index contributed by atoms with van der Waals surface area (Å²) in [7, 11) is -4.19. The molecule has 8 heteroatoms. The summed E-state index contributed by atoms with van der Waals surface area (Å²) in [4.78, 5) is 16.4. The molecule has 1 N–H and O–H groups in total. The summed E-state index contributed by atoms with van der Waals surface area (Å²) in [6, 6.07) is 8.05. The fraction of sp³-hybridized carbons (Fsp3) is 0.308. The van der Waals surface area contributed by atoms with Crippen LogP contribution < -0.4 is 4.72 Å². The number of carbonyl (C=O) groups is 1. The molecule has 0 fully saturated rings. The summed E-state index contributed by atoms with van der Waals surface area (Å²) in [5.41, 5.74) is 0.398. The lowest BCUT2D eigenvalue weighted by Gasteiger charge is -2.12. The molecule has 186 valence electrons. The van der Waals surface area contributed by atoms with Gasteiger partial charge in [-0.1, -0.05) is 64.1 Å². The molecule has 0 aliphatic rings. The highest BCUT2D eigenvalue weighted by Crippen LogP contribution is 2.21. The molecule has 2 rings (SSSR count). The number of amides is 1. The summed E-state index contributed by atoms with van der Waals surface area (Å²) in [5, 5.41) is 0. The number of rotatable bonds is 6. The summed E-state index contributed by atoms with van der Waals surface area (Å²) >= 11 is 0. The fourth-order valence-corrected chi connectivity index (χ4v) is 4.08. The minimum atomic E-state index is -4.19. The molecule has 0 unspecified atom stereocenters. The summed E-state index contributed by atoms with van der Waals surface area (Å²) in [6.45, 7) is 14.2. The second-order valence-electron chi connectivity index (χ2n) is 6.37. The maximum atomic E-state index is 14.0. The molecule has 0 aliphatic carbocycles. The van der Waals surface area contributed by atoms with Crippen LogP contribution in [0.1, 0.15) is 65.2 Å². The quantitative estimate of drug-likeness (QED) is 0.366. The maximum Gasteiger partial charge on any atom is 0.283 e. The first-order valence-corrected chi connectivity index (χ1v) is 12.6. The highest BCUT2D eigenvalue weighted by atomic mass is 32.2. The van der Waals surface area contributed by atoms with E-state index in [-0.39, 0.29) is 21.9 Å². The maximum absolute atomic E-state index is 14.0. The average Bonchev–Trinajstić information content (AvgIpc) is 2.81. The van der Waals surface area contributed by atoms with Crippen molar-refractivity contribution in [3.63, 3.8) is 0 Å².